The van der Waals surface area contributed by atoms with E-state index >= 15 is 0 Å². The van der Waals surface area contributed by atoms with Gasteiger partial charge in [-0.1, -0.05) is 13.8 Å². The maximum Gasteiger partial charge on any atom is 0.225 e. The molecule has 0 bridgehead atoms. The fourth-order valence-electron chi connectivity index (χ4n) is 1.76. The molecule has 1 unspecified atom stereocenters. The van der Waals surface area contributed by atoms with E-state index < -0.39 is 0 Å². The van der Waals surface area contributed by atoms with Crippen LogP contribution in [-0.2, 0) is 9.53 Å². The number of hydrogen-bond donors (Lipinski definition) is 1. The van der Waals surface area contributed by atoms with Crippen LogP contribution >= 0.6 is 0 Å². The first kappa shape index (κ1) is 12.5. The lowest BCUT2D eigenvalue weighted by molar-refractivity contribution is -0.142. The number of nitrogens with zero attached hydrogens (tertiary/aromatic N) is 1. The number of morpholine rings is 1. The van der Waals surface area contributed by atoms with Gasteiger partial charge in [0.15, 0.2) is 0 Å². The first-order valence-corrected chi connectivity index (χ1v) is 5.70. The molecule has 1 aliphatic heterocycles. The lowest BCUT2D eigenvalue weighted by atomic mass is 10.1. The lowest BCUT2D eigenvalue weighted by Gasteiger charge is -2.34. The van der Waals surface area contributed by atoms with Gasteiger partial charge < -0.3 is 15.0 Å². The number of carbonyl (C=O) groups is 1. The topological polar surface area (TPSA) is 41.6 Å². The first-order chi connectivity index (χ1) is 7.15. The van der Waals surface area contributed by atoms with Crippen LogP contribution in [0.2, 0.25) is 0 Å². The van der Waals surface area contributed by atoms with E-state index in [0.29, 0.717) is 6.61 Å². The number of amides is 1. The highest BCUT2D eigenvalue weighted by Gasteiger charge is 2.24. The average molecular weight is 214 g/mol. The summed E-state index contributed by atoms with van der Waals surface area (Å²) in [6.07, 6.45) is 1.17. The van der Waals surface area contributed by atoms with Crippen molar-refractivity contribution < 1.29 is 9.53 Å². The molecule has 1 saturated heterocycles. The average Bonchev–Trinajstić information content (AvgIpc) is 2.25. The van der Waals surface area contributed by atoms with E-state index in [-0.39, 0.29) is 17.9 Å². The van der Waals surface area contributed by atoms with Crippen LogP contribution in [0.15, 0.2) is 0 Å². The van der Waals surface area contributed by atoms with Crippen molar-refractivity contribution in [2.24, 2.45) is 5.92 Å². The van der Waals surface area contributed by atoms with Crippen molar-refractivity contribution in [2.45, 2.75) is 26.4 Å². The third-order valence-corrected chi connectivity index (χ3v) is 2.66. The molecule has 88 valence electrons. The SMILES string of the molecule is CNCCC1CN(C(=O)C(C)C)CCO1. The number of hydrogen-bond acceptors (Lipinski definition) is 3. The summed E-state index contributed by atoms with van der Waals surface area (Å²) in [6.45, 7) is 6.99. The molecule has 4 heteroatoms. The van der Waals surface area contributed by atoms with E-state index in [0.717, 1.165) is 26.1 Å². The largest absolute Gasteiger partial charge is 0.374 e. The van der Waals surface area contributed by atoms with Crippen molar-refractivity contribution >= 4 is 5.91 Å². The van der Waals surface area contributed by atoms with Gasteiger partial charge in [0.2, 0.25) is 5.91 Å². The predicted octanol–water partition coefficient (Wildman–Crippen LogP) is 0.479. The molecule has 0 radical (unpaired) electrons. The van der Waals surface area contributed by atoms with Gasteiger partial charge in [-0.2, -0.15) is 0 Å². The molecule has 1 aliphatic rings. The van der Waals surface area contributed by atoms with Crippen molar-refractivity contribution in [1.82, 2.24) is 10.2 Å². The van der Waals surface area contributed by atoms with Crippen LogP contribution < -0.4 is 5.32 Å². The minimum atomic E-state index is 0.0908. The lowest BCUT2D eigenvalue weighted by Crippen LogP contribution is -2.47. The standard InChI is InChI=1S/C11H22N2O2/c1-9(2)11(14)13-6-7-15-10(8-13)4-5-12-3/h9-10,12H,4-8H2,1-3H3. The smallest absolute Gasteiger partial charge is 0.225 e. The molecular formula is C11H22N2O2. The van der Waals surface area contributed by atoms with Crippen LogP contribution in [0.3, 0.4) is 0 Å². The van der Waals surface area contributed by atoms with Crippen molar-refractivity contribution in [3.8, 4) is 0 Å². The monoisotopic (exact) mass is 214 g/mol. The van der Waals surface area contributed by atoms with E-state index in [1.54, 1.807) is 0 Å². The molecule has 1 amide bonds. The second-order valence-electron chi connectivity index (χ2n) is 4.32. The minimum Gasteiger partial charge on any atom is -0.374 e. The van der Waals surface area contributed by atoms with Gasteiger partial charge in [0.05, 0.1) is 12.7 Å². The highest BCUT2D eigenvalue weighted by molar-refractivity contribution is 5.78. The fourth-order valence-corrected chi connectivity index (χ4v) is 1.76. The molecule has 15 heavy (non-hydrogen) atoms. The minimum absolute atomic E-state index is 0.0908. The second kappa shape index (κ2) is 6.08. The molecule has 0 aromatic heterocycles. The Morgan fingerprint density at radius 2 is 2.33 bits per heavy atom. The summed E-state index contributed by atoms with van der Waals surface area (Å²) in [7, 11) is 1.93. The molecule has 1 heterocycles. The first-order valence-electron chi connectivity index (χ1n) is 5.70. The molecule has 0 aromatic rings. The van der Waals surface area contributed by atoms with Gasteiger partial charge in [-0.15, -0.1) is 0 Å². The molecule has 1 N–H and O–H groups in total. The highest BCUT2D eigenvalue weighted by Crippen LogP contribution is 2.11. The van der Waals surface area contributed by atoms with Crippen molar-refractivity contribution in [2.75, 3.05) is 33.3 Å². The molecule has 0 aromatic carbocycles. The van der Waals surface area contributed by atoms with Gasteiger partial charge >= 0.3 is 0 Å². The molecule has 1 rings (SSSR count). The summed E-state index contributed by atoms with van der Waals surface area (Å²) >= 11 is 0. The summed E-state index contributed by atoms with van der Waals surface area (Å²) in [5.41, 5.74) is 0. The molecule has 0 spiro atoms. The maximum absolute atomic E-state index is 11.8. The van der Waals surface area contributed by atoms with Crippen LogP contribution in [0, 0.1) is 5.92 Å². The normalized spacial score (nSPS) is 22.1. The molecule has 0 saturated carbocycles. The molecule has 1 atom stereocenters. The Hall–Kier alpha value is -0.610. The van der Waals surface area contributed by atoms with Gasteiger partial charge in [-0.05, 0) is 20.0 Å². The summed E-state index contributed by atoms with van der Waals surface area (Å²) in [6, 6.07) is 0. The zero-order valence-corrected chi connectivity index (χ0v) is 9.95. The zero-order chi connectivity index (χ0) is 11.3. The summed E-state index contributed by atoms with van der Waals surface area (Å²) in [4.78, 5) is 13.7. The van der Waals surface area contributed by atoms with Crippen LogP contribution in [0.25, 0.3) is 0 Å². The summed E-state index contributed by atoms with van der Waals surface area (Å²) < 4.78 is 5.61. The van der Waals surface area contributed by atoms with Crippen LogP contribution in [0.4, 0.5) is 0 Å². The van der Waals surface area contributed by atoms with Gasteiger partial charge in [0.1, 0.15) is 0 Å². The van der Waals surface area contributed by atoms with Crippen LogP contribution in [0.1, 0.15) is 20.3 Å². The third-order valence-electron chi connectivity index (χ3n) is 2.66. The number of carbonyl (C=O) groups excluding carboxylic acids is 1. The third kappa shape index (κ3) is 3.80. The maximum atomic E-state index is 11.8. The Kier molecular flexibility index (Phi) is 5.05. The number of nitrogens with one attached hydrogen (secondary N) is 1. The van der Waals surface area contributed by atoms with Crippen LogP contribution in [0.5, 0.6) is 0 Å². The number of rotatable bonds is 4. The van der Waals surface area contributed by atoms with Crippen LogP contribution in [-0.4, -0.2) is 50.2 Å². The van der Waals surface area contributed by atoms with E-state index in [1.807, 2.05) is 25.8 Å². The quantitative estimate of drug-likeness (QED) is 0.740. The Morgan fingerprint density at radius 1 is 1.60 bits per heavy atom. The molecular weight excluding hydrogens is 192 g/mol. The van der Waals surface area contributed by atoms with Crippen molar-refractivity contribution in [1.29, 1.82) is 0 Å². The Balaban J connectivity index is 2.38. The van der Waals surface area contributed by atoms with Crippen molar-refractivity contribution in [3.63, 3.8) is 0 Å². The fraction of sp³-hybridized carbons (Fsp3) is 0.909. The van der Waals surface area contributed by atoms with Gasteiger partial charge in [0.25, 0.3) is 0 Å². The van der Waals surface area contributed by atoms with E-state index in [9.17, 15) is 4.79 Å². The highest BCUT2D eigenvalue weighted by atomic mass is 16.5. The molecule has 4 nitrogen and oxygen atoms in total. The number of ether oxygens (including phenoxy) is 1. The zero-order valence-electron chi connectivity index (χ0n) is 9.95. The second-order valence-corrected chi connectivity index (χ2v) is 4.32. The van der Waals surface area contributed by atoms with Crippen molar-refractivity contribution in [3.05, 3.63) is 0 Å². The summed E-state index contributed by atoms with van der Waals surface area (Å²) in [5.74, 6) is 0.334. The molecule has 1 fully saturated rings. The Bertz CT molecular complexity index is 207. The Morgan fingerprint density at radius 3 is 2.93 bits per heavy atom. The van der Waals surface area contributed by atoms with Gasteiger partial charge in [-0.25, -0.2) is 0 Å². The van der Waals surface area contributed by atoms with E-state index in [4.69, 9.17) is 4.74 Å². The van der Waals surface area contributed by atoms with Gasteiger partial charge in [0, 0.05) is 19.0 Å². The summed E-state index contributed by atoms with van der Waals surface area (Å²) in [5, 5.41) is 3.10. The van der Waals surface area contributed by atoms with E-state index in [1.165, 1.54) is 0 Å². The van der Waals surface area contributed by atoms with Gasteiger partial charge in [-0.3, -0.25) is 4.79 Å². The van der Waals surface area contributed by atoms with E-state index in [2.05, 4.69) is 5.32 Å². The molecule has 0 aliphatic carbocycles. The predicted molar refractivity (Wildman–Crippen MR) is 59.7 cm³/mol. The Labute approximate surface area is 92.0 Å².